The van der Waals surface area contributed by atoms with Crippen LogP contribution in [0.15, 0.2) is 18.3 Å². The third-order valence-electron chi connectivity index (χ3n) is 3.98. The first kappa shape index (κ1) is 22.6. The minimum atomic E-state index is -0.0540. The molecule has 136 valence electrons. The molecular weight excluding hydrogens is 351 g/mol. The van der Waals surface area contributed by atoms with Gasteiger partial charge in [-0.05, 0) is 44.4 Å². The highest BCUT2D eigenvalue weighted by atomic mass is 35.5. The molecule has 0 atom stereocenters. The van der Waals surface area contributed by atoms with Crippen LogP contribution in [0.4, 0.5) is 5.82 Å². The minimum Gasteiger partial charge on any atom is -0.343 e. The van der Waals surface area contributed by atoms with Crippen molar-refractivity contribution in [3.05, 3.63) is 23.9 Å². The number of aryl methyl sites for hydroxylation is 1. The molecule has 1 aromatic heterocycles. The zero-order valence-corrected chi connectivity index (χ0v) is 15.5. The van der Waals surface area contributed by atoms with E-state index in [1.165, 1.54) is 0 Å². The monoisotopic (exact) mass is 376 g/mol. The molecule has 24 heavy (non-hydrogen) atoms. The number of halogens is 2. The van der Waals surface area contributed by atoms with Crippen molar-refractivity contribution in [1.29, 1.82) is 0 Å². The minimum absolute atomic E-state index is 0. The van der Waals surface area contributed by atoms with E-state index < -0.39 is 0 Å². The number of amides is 2. The highest BCUT2D eigenvalue weighted by Crippen LogP contribution is 2.19. The third kappa shape index (κ3) is 6.63. The van der Waals surface area contributed by atoms with Crippen LogP contribution in [-0.2, 0) is 9.59 Å². The maximum absolute atomic E-state index is 12.2. The van der Waals surface area contributed by atoms with E-state index in [9.17, 15) is 9.59 Å². The highest BCUT2D eigenvalue weighted by Gasteiger charge is 2.27. The Labute approximate surface area is 155 Å². The molecule has 0 aliphatic carbocycles. The molecule has 1 aliphatic heterocycles. The summed E-state index contributed by atoms with van der Waals surface area (Å²) in [7, 11) is 0. The molecule has 0 unspecified atom stereocenters. The van der Waals surface area contributed by atoms with E-state index in [2.05, 4.69) is 10.3 Å². The predicted octanol–water partition coefficient (Wildman–Crippen LogP) is 2.15. The fraction of sp³-hybridized carbons (Fsp3) is 0.562. The van der Waals surface area contributed by atoms with Crippen molar-refractivity contribution in [2.24, 2.45) is 11.7 Å². The Kier molecular flexibility index (Phi) is 10.6. The van der Waals surface area contributed by atoms with Crippen LogP contribution in [0.3, 0.4) is 0 Å². The summed E-state index contributed by atoms with van der Waals surface area (Å²) in [5, 5.41) is 2.85. The Bertz CT molecular complexity index is 517. The number of nitrogens with zero attached hydrogens (tertiary/aromatic N) is 2. The summed E-state index contributed by atoms with van der Waals surface area (Å²) in [6.45, 7) is 3.77. The van der Waals surface area contributed by atoms with Crippen LogP contribution in [0.1, 0.15) is 31.2 Å². The first-order valence-electron chi connectivity index (χ1n) is 7.81. The smallest absolute Gasteiger partial charge is 0.228 e. The van der Waals surface area contributed by atoms with Crippen LogP contribution < -0.4 is 11.1 Å². The van der Waals surface area contributed by atoms with Gasteiger partial charge in [-0.25, -0.2) is 4.98 Å². The first-order valence-corrected chi connectivity index (χ1v) is 7.81. The molecule has 2 amide bonds. The second-order valence-corrected chi connectivity index (χ2v) is 5.76. The molecule has 1 aromatic rings. The van der Waals surface area contributed by atoms with Gasteiger partial charge in [-0.2, -0.15) is 0 Å². The summed E-state index contributed by atoms with van der Waals surface area (Å²) in [6.07, 6.45) is 4.35. The van der Waals surface area contributed by atoms with E-state index in [1.54, 1.807) is 12.3 Å². The lowest BCUT2D eigenvalue weighted by Crippen LogP contribution is -2.41. The van der Waals surface area contributed by atoms with Gasteiger partial charge in [0.15, 0.2) is 0 Å². The van der Waals surface area contributed by atoms with Crippen LogP contribution in [0.25, 0.3) is 0 Å². The topological polar surface area (TPSA) is 88.3 Å². The zero-order chi connectivity index (χ0) is 15.9. The van der Waals surface area contributed by atoms with Crippen LogP contribution in [0.5, 0.6) is 0 Å². The summed E-state index contributed by atoms with van der Waals surface area (Å²) >= 11 is 0. The van der Waals surface area contributed by atoms with Crippen molar-refractivity contribution in [2.75, 3.05) is 25.0 Å². The quantitative estimate of drug-likeness (QED) is 0.823. The van der Waals surface area contributed by atoms with Crippen molar-refractivity contribution in [1.82, 2.24) is 9.88 Å². The number of hydrogen-bond acceptors (Lipinski definition) is 4. The van der Waals surface area contributed by atoms with Crippen LogP contribution >= 0.6 is 24.8 Å². The maximum Gasteiger partial charge on any atom is 0.228 e. The second-order valence-electron chi connectivity index (χ2n) is 5.76. The van der Waals surface area contributed by atoms with Gasteiger partial charge >= 0.3 is 0 Å². The third-order valence-corrected chi connectivity index (χ3v) is 3.98. The summed E-state index contributed by atoms with van der Waals surface area (Å²) in [4.78, 5) is 30.2. The van der Waals surface area contributed by atoms with E-state index in [0.717, 1.165) is 12.0 Å². The van der Waals surface area contributed by atoms with Gasteiger partial charge < -0.3 is 16.0 Å². The lowest BCUT2D eigenvalue weighted by atomic mass is 9.95. The lowest BCUT2D eigenvalue weighted by molar-refractivity contribution is -0.134. The molecule has 3 N–H and O–H groups in total. The molecule has 1 saturated heterocycles. The second kappa shape index (κ2) is 11.2. The van der Waals surface area contributed by atoms with Gasteiger partial charge in [-0.1, -0.05) is 6.07 Å². The number of piperidine rings is 1. The largest absolute Gasteiger partial charge is 0.343 e. The number of hydrogen-bond donors (Lipinski definition) is 2. The standard InChI is InChI=1S/C16H24N4O2.2ClH/c1-12-4-5-14(18-11-12)19-16(22)13-6-9-20(10-7-13)15(21)3-2-8-17;;/h4-5,11,13H,2-3,6-10,17H2,1H3,(H,18,19,22);2*1H. The van der Waals surface area contributed by atoms with Gasteiger partial charge in [0.05, 0.1) is 0 Å². The van der Waals surface area contributed by atoms with E-state index in [4.69, 9.17) is 5.73 Å². The fourth-order valence-corrected chi connectivity index (χ4v) is 2.57. The number of aromatic nitrogens is 1. The van der Waals surface area contributed by atoms with Gasteiger partial charge in [0.25, 0.3) is 0 Å². The number of pyridine rings is 1. The van der Waals surface area contributed by atoms with Gasteiger partial charge in [-0.3, -0.25) is 9.59 Å². The number of anilines is 1. The summed E-state index contributed by atoms with van der Waals surface area (Å²) < 4.78 is 0. The molecule has 1 fully saturated rings. The Morgan fingerprint density at radius 2 is 1.96 bits per heavy atom. The molecule has 0 saturated carbocycles. The van der Waals surface area contributed by atoms with Crippen molar-refractivity contribution in [3.63, 3.8) is 0 Å². The Hall–Kier alpha value is -1.37. The lowest BCUT2D eigenvalue weighted by Gasteiger charge is -2.31. The molecule has 2 heterocycles. The van der Waals surface area contributed by atoms with Gasteiger partial charge in [0, 0.05) is 31.6 Å². The number of nitrogens with one attached hydrogen (secondary N) is 1. The SMILES string of the molecule is Cc1ccc(NC(=O)C2CCN(C(=O)CCCN)CC2)nc1.Cl.Cl. The Balaban J connectivity index is 0.00000264. The molecule has 6 nitrogen and oxygen atoms in total. The predicted molar refractivity (Wildman–Crippen MR) is 99.7 cm³/mol. The molecule has 2 rings (SSSR count). The summed E-state index contributed by atoms with van der Waals surface area (Å²) in [5.74, 6) is 0.661. The van der Waals surface area contributed by atoms with E-state index in [1.807, 2.05) is 17.9 Å². The van der Waals surface area contributed by atoms with Gasteiger partial charge in [0.1, 0.15) is 5.82 Å². The van der Waals surface area contributed by atoms with Crippen LogP contribution in [-0.4, -0.2) is 41.3 Å². The number of nitrogens with two attached hydrogens (primary N) is 1. The highest BCUT2D eigenvalue weighted by molar-refractivity contribution is 5.91. The molecule has 0 aromatic carbocycles. The fourth-order valence-electron chi connectivity index (χ4n) is 2.57. The molecular formula is C16H26Cl2N4O2. The van der Waals surface area contributed by atoms with Crippen molar-refractivity contribution in [2.45, 2.75) is 32.6 Å². The number of carbonyl (C=O) groups excluding carboxylic acids is 2. The van der Waals surface area contributed by atoms with E-state index in [-0.39, 0.29) is 42.5 Å². The summed E-state index contributed by atoms with van der Waals surface area (Å²) in [5.41, 5.74) is 6.48. The van der Waals surface area contributed by atoms with Crippen molar-refractivity contribution in [3.8, 4) is 0 Å². The molecule has 8 heteroatoms. The Morgan fingerprint density at radius 3 is 2.50 bits per heavy atom. The van der Waals surface area contributed by atoms with Gasteiger partial charge in [-0.15, -0.1) is 24.8 Å². The summed E-state index contributed by atoms with van der Waals surface area (Å²) in [6, 6.07) is 3.72. The maximum atomic E-state index is 12.2. The first-order chi connectivity index (χ1) is 10.6. The van der Waals surface area contributed by atoms with Crippen LogP contribution in [0.2, 0.25) is 0 Å². The van der Waals surface area contributed by atoms with Crippen molar-refractivity contribution >= 4 is 42.4 Å². The Morgan fingerprint density at radius 1 is 1.29 bits per heavy atom. The van der Waals surface area contributed by atoms with E-state index >= 15 is 0 Å². The normalized spacial score (nSPS) is 14.3. The molecule has 0 bridgehead atoms. The van der Waals surface area contributed by atoms with E-state index in [0.29, 0.717) is 44.7 Å². The molecule has 0 spiro atoms. The zero-order valence-electron chi connectivity index (χ0n) is 13.9. The molecule has 0 radical (unpaired) electrons. The molecule has 1 aliphatic rings. The van der Waals surface area contributed by atoms with Gasteiger partial charge in [0.2, 0.25) is 11.8 Å². The number of carbonyl (C=O) groups is 2. The average molecular weight is 377 g/mol. The average Bonchev–Trinajstić information content (AvgIpc) is 2.55. The van der Waals surface area contributed by atoms with Crippen molar-refractivity contribution < 1.29 is 9.59 Å². The van der Waals surface area contributed by atoms with Crippen LogP contribution in [0, 0.1) is 12.8 Å². The number of rotatable bonds is 5. The number of likely N-dealkylation sites (tertiary alicyclic amines) is 1.